The third-order valence-electron chi connectivity index (χ3n) is 6.75. The second kappa shape index (κ2) is 10.2. The molecule has 3 aliphatic rings. The number of nitrogens with one attached hydrogen (secondary N) is 2. The number of rotatable bonds is 4. The fraction of sp³-hybridized carbons (Fsp3) is 0.333. The van der Waals surface area contributed by atoms with Gasteiger partial charge in [-0.25, -0.2) is 4.98 Å². The van der Waals surface area contributed by atoms with E-state index in [2.05, 4.69) is 45.5 Å². The molecule has 1 aromatic heterocycles. The number of benzene rings is 1. The normalized spacial score (nSPS) is 25.8. The van der Waals surface area contributed by atoms with E-state index in [4.69, 9.17) is 11.1 Å². The van der Waals surface area contributed by atoms with E-state index in [-0.39, 0.29) is 11.6 Å². The smallest absolute Gasteiger partial charge is 0.237 e. The fourth-order valence-corrected chi connectivity index (χ4v) is 5.03. The van der Waals surface area contributed by atoms with Gasteiger partial charge >= 0.3 is 0 Å². The van der Waals surface area contributed by atoms with Crippen LogP contribution in [-0.2, 0) is 21.5 Å². The van der Waals surface area contributed by atoms with Gasteiger partial charge in [-0.1, -0.05) is 42.5 Å². The molecule has 1 aliphatic carbocycles. The van der Waals surface area contributed by atoms with Crippen molar-refractivity contribution in [1.82, 2.24) is 9.88 Å². The first-order valence-corrected chi connectivity index (χ1v) is 11.6. The van der Waals surface area contributed by atoms with Crippen LogP contribution in [-0.4, -0.2) is 46.9 Å². The lowest BCUT2D eigenvalue weighted by atomic mass is 9.80. The molecule has 2 aromatic rings. The maximum Gasteiger partial charge on any atom is 0.237 e. The first-order chi connectivity index (χ1) is 16.4. The topological polar surface area (TPSA) is 112 Å². The second-order valence-corrected chi connectivity index (χ2v) is 9.12. The number of amides is 1. The molecule has 3 heterocycles. The molecule has 176 valence electrons. The Morgan fingerprint density at radius 1 is 1.24 bits per heavy atom. The highest BCUT2D eigenvalue weighted by molar-refractivity contribution is 6.32. The molecule has 0 radical (unpaired) electrons. The van der Waals surface area contributed by atoms with E-state index >= 15 is 0 Å². The van der Waals surface area contributed by atoms with Gasteiger partial charge in [0.25, 0.3) is 0 Å². The number of nitrogens with two attached hydrogens (primary N) is 1. The molecule has 7 heteroatoms. The zero-order chi connectivity index (χ0) is 24.1. The Morgan fingerprint density at radius 3 is 2.68 bits per heavy atom. The molecule has 1 unspecified atom stereocenters. The lowest BCUT2D eigenvalue weighted by Gasteiger charge is -2.19. The molecule has 0 bridgehead atoms. The zero-order valence-corrected chi connectivity index (χ0v) is 19.5. The van der Waals surface area contributed by atoms with E-state index in [9.17, 15) is 9.59 Å². The highest BCUT2D eigenvalue weighted by Gasteiger charge is 2.52. The van der Waals surface area contributed by atoms with Gasteiger partial charge in [-0.2, -0.15) is 0 Å². The first-order valence-electron chi connectivity index (χ1n) is 11.6. The maximum absolute atomic E-state index is 12.5. The number of carbonyl (C=O) groups is 2. The SMILES string of the molecule is C/C=C1/CC2(C/C1=C/C(=N)C=O)C(=O)Nc1ncccc12.N[C@@H]1CCN(Cc2ccccc2)C1. The average molecular weight is 458 g/mol. The lowest BCUT2D eigenvalue weighted by molar-refractivity contribution is -0.120. The van der Waals surface area contributed by atoms with Crippen LogP contribution in [0.2, 0.25) is 0 Å². The van der Waals surface area contributed by atoms with Crippen molar-refractivity contribution >= 4 is 23.7 Å². The van der Waals surface area contributed by atoms with Crippen LogP contribution in [0.4, 0.5) is 5.82 Å². The molecular weight excluding hydrogens is 426 g/mol. The predicted octanol–water partition coefficient (Wildman–Crippen LogP) is 3.38. The van der Waals surface area contributed by atoms with Crippen molar-refractivity contribution < 1.29 is 9.59 Å². The van der Waals surface area contributed by atoms with Crippen LogP contribution in [0.1, 0.15) is 37.3 Å². The van der Waals surface area contributed by atoms with Crippen LogP contribution in [0.25, 0.3) is 0 Å². The summed E-state index contributed by atoms with van der Waals surface area (Å²) >= 11 is 0. The number of allylic oxidation sites excluding steroid dienone is 4. The van der Waals surface area contributed by atoms with Crippen molar-refractivity contribution in [1.29, 1.82) is 5.41 Å². The molecule has 2 atom stereocenters. The number of anilines is 1. The highest BCUT2D eigenvalue weighted by Crippen LogP contribution is 2.52. The van der Waals surface area contributed by atoms with Crippen LogP contribution >= 0.6 is 0 Å². The number of likely N-dealkylation sites (tertiary alicyclic amines) is 1. The van der Waals surface area contributed by atoms with Crippen LogP contribution in [0, 0.1) is 5.41 Å². The summed E-state index contributed by atoms with van der Waals surface area (Å²) in [7, 11) is 0. The van der Waals surface area contributed by atoms with Gasteiger partial charge in [0.05, 0.1) is 11.1 Å². The summed E-state index contributed by atoms with van der Waals surface area (Å²) in [6.45, 7) is 5.16. The molecule has 1 spiro atoms. The van der Waals surface area contributed by atoms with E-state index in [1.54, 1.807) is 12.3 Å². The summed E-state index contributed by atoms with van der Waals surface area (Å²) in [6, 6.07) is 14.7. The molecule has 1 amide bonds. The van der Waals surface area contributed by atoms with Gasteiger partial charge in [-0.15, -0.1) is 0 Å². The van der Waals surface area contributed by atoms with Crippen molar-refractivity contribution in [3.63, 3.8) is 0 Å². The summed E-state index contributed by atoms with van der Waals surface area (Å²) in [5, 5.41) is 10.4. The summed E-state index contributed by atoms with van der Waals surface area (Å²) < 4.78 is 0. The van der Waals surface area contributed by atoms with E-state index in [0.29, 0.717) is 31.0 Å². The van der Waals surface area contributed by atoms with Crippen molar-refractivity contribution in [2.75, 3.05) is 18.4 Å². The van der Waals surface area contributed by atoms with Gasteiger partial charge in [0, 0.05) is 37.4 Å². The van der Waals surface area contributed by atoms with E-state index in [1.165, 1.54) is 5.56 Å². The highest BCUT2D eigenvalue weighted by atomic mass is 16.2. The molecule has 2 fully saturated rings. The Balaban J connectivity index is 0.000000180. The van der Waals surface area contributed by atoms with Gasteiger partial charge < -0.3 is 11.1 Å². The molecule has 7 nitrogen and oxygen atoms in total. The summed E-state index contributed by atoms with van der Waals surface area (Å²) in [6.07, 6.45) is 7.88. The quantitative estimate of drug-likeness (QED) is 0.481. The van der Waals surface area contributed by atoms with E-state index < -0.39 is 5.41 Å². The Hall–Kier alpha value is -3.42. The minimum Gasteiger partial charge on any atom is -0.326 e. The number of fused-ring (bicyclic) bond motifs is 2. The predicted molar refractivity (Wildman–Crippen MR) is 134 cm³/mol. The Bertz CT molecular complexity index is 1140. The first kappa shape index (κ1) is 23.7. The number of hydrogen-bond acceptors (Lipinski definition) is 6. The van der Waals surface area contributed by atoms with Gasteiger partial charge in [-0.3, -0.25) is 19.9 Å². The van der Waals surface area contributed by atoms with Crippen molar-refractivity contribution in [3.8, 4) is 0 Å². The lowest BCUT2D eigenvalue weighted by Crippen LogP contribution is -2.31. The number of pyridine rings is 1. The van der Waals surface area contributed by atoms with Crippen molar-refractivity contribution in [2.24, 2.45) is 5.73 Å². The van der Waals surface area contributed by atoms with Crippen LogP contribution in [0.5, 0.6) is 0 Å². The molecule has 34 heavy (non-hydrogen) atoms. The Labute approximate surface area is 200 Å². The van der Waals surface area contributed by atoms with E-state index in [0.717, 1.165) is 42.8 Å². The minimum absolute atomic E-state index is 0.0587. The fourth-order valence-electron chi connectivity index (χ4n) is 5.03. The zero-order valence-electron chi connectivity index (χ0n) is 19.5. The van der Waals surface area contributed by atoms with Gasteiger partial charge in [0.1, 0.15) is 5.82 Å². The number of carbonyl (C=O) groups excluding carboxylic acids is 2. The molecule has 1 saturated carbocycles. The average Bonchev–Trinajstić information content (AvgIpc) is 3.51. The third-order valence-corrected chi connectivity index (χ3v) is 6.75. The molecular formula is C27H31N5O2. The number of hydrogen-bond donors (Lipinski definition) is 3. The van der Waals surface area contributed by atoms with Gasteiger partial charge in [0.15, 0.2) is 6.29 Å². The van der Waals surface area contributed by atoms with Crippen molar-refractivity contribution in [2.45, 2.75) is 44.2 Å². The van der Waals surface area contributed by atoms with E-state index in [1.807, 2.05) is 25.1 Å². The Morgan fingerprint density at radius 2 is 2.00 bits per heavy atom. The molecule has 1 aromatic carbocycles. The molecule has 5 rings (SSSR count). The standard InChI is InChI=1S/C16H15N3O2.C11H16N2/c1-2-10-7-16(8-11(10)6-12(17)9-20)13-4-3-5-18-14(13)19-15(16)21;12-11-6-7-13(9-11)8-10-4-2-1-3-5-10/h2-6,9,17H,7-8H2,1H3,(H,18,19,21);1-5,11H,6-9,12H2/b10-2-,11-6-,17-12?;/t;11-/m.1/s1. The number of aldehydes is 1. The summed E-state index contributed by atoms with van der Waals surface area (Å²) in [4.78, 5) is 29.8. The van der Waals surface area contributed by atoms with Gasteiger partial charge in [0.2, 0.25) is 5.91 Å². The minimum atomic E-state index is -0.652. The van der Waals surface area contributed by atoms with Crippen LogP contribution < -0.4 is 11.1 Å². The monoisotopic (exact) mass is 457 g/mol. The van der Waals surface area contributed by atoms with Crippen LogP contribution in [0.3, 0.4) is 0 Å². The molecule has 1 saturated heterocycles. The largest absolute Gasteiger partial charge is 0.326 e. The molecule has 2 aliphatic heterocycles. The third kappa shape index (κ3) is 4.90. The number of aromatic nitrogens is 1. The summed E-state index contributed by atoms with van der Waals surface area (Å²) in [5.74, 6) is 0.557. The Kier molecular flexibility index (Phi) is 7.14. The van der Waals surface area contributed by atoms with Crippen molar-refractivity contribution in [3.05, 3.63) is 83.1 Å². The van der Waals surface area contributed by atoms with Crippen LogP contribution in [0.15, 0.2) is 72.0 Å². The number of nitrogens with zero attached hydrogens (tertiary/aromatic N) is 2. The van der Waals surface area contributed by atoms with Gasteiger partial charge in [-0.05, 0) is 55.0 Å². The summed E-state index contributed by atoms with van der Waals surface area (Å²) in [5.41, 5.74) is 9.28. The molecule has 4 N–H and O–H groups in total. The maximum atomic E-state index is 12.5. The second-order valence-electron chi connectivity index (χ2n) is 9.12.